The molecular formula is C51H101NO8. The maximum Gasteiger partial charge on any atom is 0.220 e. The summed E-state index contributed by atoms with van der Waals surface area (Å²) < 4.78 is 11.3. The Hall–Kier alpha value is -0.810. The molecule has 1 aliphatic rings. The van der Waals surface area contributed by atoms with Crippen LogP contribution >= 0.6 is 0 Å². The molecular weight excluding hydrogens is 755 g/mol. The SMILES string of the molecule is CCCCCCCCCCCCCCCCCCCCCCCCCCCCC(=O)N[C@@H](CO[C@@H]1O[C@H](CO)[C@@H](O)C(O)C1O)[C@H](O)CCCCCCCCCCCCC. The van der Waals surface area contributed by atoms with Gasteiger partial charge in [0, 0.05) is 6.42 Å². The van der Waals surface area contributed by atoms with Gasteiger partial charge in [-0.05, 0) is 12.8 Å². The maximum atomic E-state index is 13.0. The van der Waals surface area contributed by atoms with Crippen molar-refractivity contribution in [1.29, 1.82) is 0 Å². The van der Waals surface area contributed by atoms with Crippen molar-refractivity contribution in [3.8, 4) is 0 Å². The number of carbonyl (C=O) groups is 1. The lowest BCUT2D eigenvalue weighted by Gasteiger charge is -2.40. The Labute approximate surface area is 370 Å². The van der Waals surface area contributed by atoms with E-state index < -0.39 is 49.5 Å². The third-order valence-electron chi connectivity index (χ3n) is 13.0. The topological polar surface area (TPSA) is 149 Å². The number of nitrogens with one attached hydrogen (secondary N) is 1. The van der Waals surface area contributed by atoms with Gasteiger partial charge in [-0.3, -0.25) is 4.79 Å². The first-order valence-corrected chi connectivity index (χ1v) is 26.2. The summed E-state index contributed by atoms with van der Waals surface area (Å²) in [5, 5.41) is 54.4. The van der Waals surface area contributed by atoms with Gasteiger partial charge in [-0.2, -0.15) is 0 Å². The fraction of sp³-hybridized carbons (Fsp3) is 0.980. The van der Waals surface area contributed by atoms with Crippen molar-refractivity contribution in [3.05, 3.63) is 0 Å². The summed E-state index contributed by atoms with van der Waals surface area (Å²) >= 11 is 0. The second kappa shape index (κ2) is 42.2. The lowest BCUT2D eigenvalue weighted by molar-refractivity contribution is -0.302. The highest BCUT2D eigenvalue weighted by Crippen LogP contribution is 2.23. The van der Waals surface area contributed by atoms with Crippen molar-refractivity contribution in [1.82, 2.24) is 5.32 Å². The molecule has 0 radical (unpaired) electrons. The zero-order valence-electron chi connectivity index (χ0n) is 39.5. The zero-order chi connectivity index (χ0) is 43.7. The standard InChI is InChI=1S/C51H101NO8/c1-3-5-7-9-11-13-15-16-17-18-19-20-21-22-23-24-25-26-27-28-29-31-33-35-37-39-41-47(55)52-44(43-59-51-50(58)49(57)48(56)46(42-53)60-51)45(54)40-38-36-34-32-30-14-12-10-8-6-4-2/h44-46,48-51,53-54,56-58H,3-43H2,1-2H3,(H,52,55)/t44-,45+,46+,48+,49?,50?,51+/m0/s1. The van der Waals surface area contributed by atoms with E-state index in [-0.39, 0.29) is 12.5 Å². The van der Waals surface area contributed by atoms with Crippen molar-refractivity contribution in [2.24, 2.45) is 0 Å². The minimum Gasteiger partial charge on any atom is -0.394 e. The predicted octanol–water partition coefficient (Wildman–Crippen LogP) is 11.9. The lowest BCUT2D eigenvalue weighted by Crippen LogP contribution is -2.60. The number of aliphatic hydroxyl groups excluding tert-OH is 5. The first-order chi connectivity index (χ1) is 29.3. The molecule has 2 unspecified atom stereocenters. The molecule has 1 rings (SSSR count). The number of rotatable bonds is 45. The smallest absolute Gasteiger partial charge is 0.220 e. The minimum absolute atomic E-state index is 0.132. The normalized spacial score (nSPS) is 20.4. The van der Waals surface area contributed by atoms with Crippen LogP contribution in [0.5, 0.6) is 0 Å². The van der Waals surface area contributed by atoms with Gasteiger partial charge in [-0.1, -0.05) is 245 Å². The van der Waals surface area contributed by atoms with Crippen molar-refractivity contribution in [2.75, 3.05) is 13.2 Å². The Balaban J connectivity index is 2.15. The molecule has 6 N–H and O–H groups in total. The molecule has 358 valence electrons. The molecule has 9 nitrogen and oxygen atoms in total. The first kappa shape index (κ1) is 57.2. The van der Waals surface area contributed by atoms with Gasteiger partial charge in [-0.15, -0.1) is 0 Å². The molecule has 1 fully saturated rings. The van der Waals surface area contributed by atoms with Crippen LogP contribution in [0.4, 0.5) is 0 Å². The van der Waals surface area contributed by atoms with E-state index in [1.165, 1.54) is 199 Å². The second-order valence-corrected chi connectivity index (χ2v) is 18.7. The van der Waals surface area contributed by atoms with Gasteiger partial charge in [0.25, 0.3) is 0 Å². The highest BCUT2D eigenvalue weighted by atomic mass is 16.7. The first-order valence-electron chi connectivity index (χ1n) is 26.2. The fourth-order valence-corrected chi connectivity index (χ4v) is 8.75. The number of unbranched alkanes of at least 4 members (excludes halogenated alkanes) is 35. The Morgan fingerprint density at radius 3 is 1.18 bits per heavy atom. The lowest BCUT2D eigenvalue weighted by atomic mass is 9.99. The van der Waals surface area contributed by atoms with Crippen LogP contribution < -0.4 is 5.32 Å². The molecule has 1 aliphatic heterocycles. The van der Waals surface area contributed by atoms with Gasteiger partial charge < -0.3 is 40.3 Å². The van der Waals surface area contributed by atoms with Crippen LogP contribution in [0.1, 0.15) is 264 Å². The fourth-order valence-electron chi connectivity index (χ4n) is 8.75. The number of hydrogen-bond acceptors (Lipinski definition) is 8. The number of aliphatic hydroxyl groups is 5. The third kappa shape index (κ3) is 31.9. The van der Waals surface area contributed by atoms with E-state index in [2.05, 4.69) is 19.2 Å². The van der Waals surface area contributed by atoms with Crippen molar-refractivity contribution >= 4 is 5.91 Å². The monoisotopic (exact) mass is 856 g/mol. The van der Waals surface area contributed by atoms with Crippen LogP contribution in [0.15, 0.2) is 0 Å². The van der Waals surface area contributed by atoms with Gasteiger partial charge in [0.1, 0.15) is 24.4 Å². The third-order valence-corrected chi connectivity index (χ3v) is 13.0. The van der Waals surface area contributed by atoms with Crippen LogP contribution in [0.2, 0.25) is 0 Å². The molecule has 0 saturated carbocycles. The summed E-state index contributed by atoms with van der Waals surface area (Å²) in [6.45, 7) is 3.85. The van der Waals surface area contributed by atoms with E-state index in [1.807, 2.05) is 0 Å². The number of ether oxygens (including phenoxy) is 2. The van der Waals surface area contributed by atoms with Crippen molar-refractivity contribution in [3.63, 3.8) is 0 Å². The molecule has 60 heavy (non-hydrogen) atoms. The highest BCUT2D eigenvalue weighted by molar-refractivity contribution is 5.76. The Morgan fingerprint density at radius 2 is 0.833 bits per heavy atom. The van der Waals surface area contributed by atoms with Gasteiger partial charge in [-0.25, -0.2) is 0 Å². The van der Waals surface area contributed by atoms with Crippen LogP contribution in [0.25, 0.3) is 0 Å². The van der Waals surface area contributed by atoms with E-state index in [4.69, 9.17) is 9.47 Å². The maximum absolute atomic E-state index is 13.0. The average molecular weight is 856 g/mol. The van der Waals surface area contributed by atoms with E-state index in [9.17, 15) is 30.3 Å². The molecule has 1 saturated heterocycles. The molecule has 7 atom stereocenters. The number of hydrogen-bond donors (Lipinski definition) is 6. The molecule has 0 aromatic heterocycles. The van der Waals surface area contributed by atoms with Gasteiger partial charge in [0.05, 0.1) is 25.4 Å². The van der Waals surface area contributed by atoms with E-state index in [0.29, 0.717) is 12.8 Å². The number of amides is 1. The Morgan fingerprint density at radius 1 is 0.500 bits per heavy atom. The minimum atomic E-state index is -1.55. The van der Waals surface area contributed by atoms with Crippen LogP contribution in [0, 0.1) is 0 Å². The van der Waals surface area contributed by atoms with Gasteiger partial charge in [0.2, 0.25) is 5.91 Å². The summed E-state index contributed by atoms with van der Waals surface area (Å²) in [6, 6.07) is -0.711. The zero-order valence-corrected chi connectivity index (χ0v) is 39.5. The summed E-state index contributed by atoms with van der Waals surface area (Å²) in [7, 11) is 0. The molecule has 1 amide bonds. The van der Waals surface area contributed by atoms with E-state index in [0.717, 1.165) is 38.5 Å². The summed E-state index contributed by atoms with van der Waals surface area (Å²) in [5.41, 5.74) is 0. The molecule has 0 spiro atoms. The van der Waals surface area contributed by atoms with E-state index in [1.54, 1.807) is 0 Å². The Kier molecular flexibility index (Phi) is 40.2. The largest absolute Gasteiger partial charge is 0.394 e. The molecule has 9 heteroatoms. The summed E-state index contributed by atoms with van der Waals surface area (Å²) in [6.07, 6.45) is 41.4. The second-order valence-electron chi connectivity index (χ2n) is 18.7. The highest BCUT2D eigenvalue weighted by Gasteiger charge is 2.44. The van der Waals surface area contributed by atoms with Crippen LogP contribution in [-0.2, 0) is 14.3 Å². The molecule has 0 aromatic carbocycles. The van der Waals surface area contributed by atoms with Gasteiger partial charge in [0.15, 0.2) is 6.29 Å². The molecule has 0 bridgehead atoms. The Bertz CT molecular complexity index is 908. The van der Waals surface area contributed by atoms with Crippen molar-refractivity contribution < 1.29 is 39.8 Å². The number of carbonyl (C=O) groups excluding carboxylic acids is 1. The summed E-state index contributed by atoms with van der Waals surface area (Å²) in [4.78, 5) is 13.0. The summed E-state index contributed by atoms with van der Waals surface area (Å²) in [5.74, 6) is -0.139. The predicted molar refractivity (Wildman–Crippen MR) is 249 cm³/mol. The van der Waals surface area contributed by atoms with E-state index >= 15 is 0 Å². The van der Waals surface area contributed by atoms with Crippen LogP contribution in [-0.4, -0.2) is 87.5 Å². The van der Waals surface area contributed by atoms with Crippen LogP contribution in [0.3, 0.4) is 0 Å². The molecule has 1 heterocycles. The average Bonchev–Trinajstić information content (AvgIpc) is 3.25. The molecule has 0 aromatic rings. The van der Waals surface area contributed by atoms with Crippen molar-refractivity contribution in [2.45, 2.75) is 307 Å². The molecule has 0 aliphatic carbocycles. The quantitative estimate of drug-likeness (QED) is 0.0332. The van der Waals surface area contributed by atoms with Gasteiger partial charge >= 0.3 is 0 Å².